The maximum Gasteiger partial charge on any atom is 0.239 e. The van der Waals surface area contributed by atoms with Gasteiger partial charge in [0, 0.05) is 11.2 Å². The average molecular weight is 228 g/mol. The third kappa shape index (κ3) is 4.76. The van der Waals surface area contributed by atoms with E-state index >= 15 is 0 Å². The Morgan fingerprint density at radius 3 is 3.07 bits per heavy atom. The molecule has 0 radical (unpaired) electrons. The van der Waals surface area contributed by atoms with E-state index in [0.29, 0.717) is 17.4 Å². The molecule has 0 saturated heterocycles. The first-order valence-electron chi connectivity index (χ1n) is 4.84. The summed E-state index contributed by atoms with van der Waals surface area (Å²) in [5, 5.41) is 6.20. The monoisotopic (exact) mass is 227 g/mol. The van der Waals surface area contributed by atoms with Crippen LogP contribution in [0.3, 0.4) is 0 Å². The molecule has 0 saturated carbocycles. The third-order valence-corrected chi connectivity index (χ3v) is 1.94. The van der Waals surface area contributed by atoms with E-state index in [1.165, 1.54) is 0 Å². The first kappa shape index (κ1) is 11.9. The number of halogens is 1. The number of carbonyl (C=O) groups excluding carboxylic acids is 1. The Bertz CT molecular complexity index is 330. The number of amides is 1. The van der Waals surface area contributed by atoms with Crippen LogP contribution in [0.15, 0.2) is 18.3 Å². The molecule has 0 spiro atoms. The van der Waals surface area contributed by atoms with E-state index in [2.05, 4.69) is 15.6 Å². The number of hydrogen-bond acceptors (Lipinski definition) is 3. The van der Waals surface area contributed by atoms with Gasteiger partial charge in [-0.1, -0.05) is 18.5 Å². The molecule has 82 valence electrons. The van der Waals surface area contributed by atoms with Crippen LogP contribution in [0.25, 0.3) is 0 Å². The largest absolute Gasteiger partial charge is 0.310 e. The standard InChI is InChI=1S/C10H14ClN3O/c1-2-4-12-7-10(15)14-9-6-8(11)3-5-13-9/h3,5-6,12H,2,4,7H2,1H3,(H,13,14,15). The van der Waals surface area contributed by atoms with Gasteiger partial charge in [0.25, 0.3) is 0 Å². The third-order valence-electron chi connectivity index (χ3n) is 1.70. The summed E-state index contributed by atoms with van der Waals surface area (Å²) in [6.45, 7) is 3.17. The zero-order valence-corrected chi connectivity index (χ0v) is 9.34. The molecular formula is C10H14ClN3O. The highest BCUT2D eigenvalue weighted by molar-refractivity contribution is 6.30. The van der Waals surface area contributed by atoms with Gasteiger partial charge in [0.05, 0.1) is 6.54 Å². The summed E-state index contributed by atoms with van der Waals surface area (Å²) in [6, 6.07) is 3.27. The lowest BCUT2D eigenvalue weighted by Crippen LogP contribution is -2.28. The molecule has 0 atom stereocenters. The zero-order valence-electron chi connectivity index (χ0n) is 8.59. The van der Waals surface area contributed by atoms with Crippen LogP contribution in [-0.4, -0.2) is 24.0 Å². The van der Waals surface area contributed by atoms with Crippen LogP contribution in [0.2, 0.25) is 5.02 Å². The number of pyridine rings is 1. The van der Waals surface area contributed by atoms with E-state index in [1.807, 2.05) is 6.92 Å². The van der Waals surface area contributed by atoms with Crippen molar-refractivity contribution in [3.05, 3.63) is 23.4 Å². The average Bonchev–Trinajstić information content (AvgIpc) is 2.18. The Balaban J connectivity index is 2.37. The molecule has 0 bridgehead atoms. The molecular weight excluding hydrogens is 214 g/mol. The smallest absolute Gasteiger partial charge is 0.239 e. The van der Waals surface area contributed by atoms with E-state index in [0.717, 1.165) is 13.0 Å². The Morgan fingerprint density at radius 2 is 2.40 bits per heavy atom. The summed E-state index contributed by atoms with van der Waals surface area (Å²) in [6.07, 6.45) is 2.56. The lowest BCUT2D eigenvalue weighted by molar-refractivity contribution is -0.115. The lowest BCUT2D eigenvalue weighted by Gasteiger charge is -2.05. The number of carbonyl (C=O) groups is 1. The molecule has 4 nitrogen and oxygen atoms in total. The van der Waals surface area contributed by atoms with E-state index in [-0.39, 0.29) is 5.91 Å². The van der Waals surface area contributed by atoms with Crippen molar-refractivity contribution in [1.82, 2.24) is 10.3 Å². The predicted octanol–water partition coefficient (Wildman–Crippen LogP) is 1.67. The van der Waals surface area contributed by atoms with Crippen LogP contribution in [0.5, 0.6) is 0 Å². The number of hydrogen-bond donors (Lipinski definition) is 2. The number of anilines is 1. The van der Waals surface area contributed by atoms with Crippen LogP contribution in [0.1, 0.15) is 13.3 Å². The molecule has 1 amide bonds. The Morgan fingerprint density at radius 1 is 1.60 bits per heavy atom. The van der Waals surface area contributed by atoms with Gasteiger partial charge in [-0.2, -0.15) is 0 Å². The van der Waals surface area contributed by atoms with Crippen LogP contribution in [0.4, 0.5) is 5.82 Å². The van der Waals surface area contributed by atoms with Crippen molar-refractivity contribution < 1.29 is 4.79 Å². The van der Waals surface area contributed by atoms with Gasteiger partial charge in [-0.25, -0.2) is 4.98 Å². The predicted molar refractivity (Wildman–Crippen MR) is 61.0 cm³/mol. The molecule has 0 fully saturated rings. The summed E-state index contributed by atoms with van der Waals surface area (Å²) in [7, 11) is 0. The number of nitrogens with zero attached hydrogens (tertiary/aromatic N) is 1. The van der Waals surface area contributed by atoms with Crippen LogP contribution in [0, 0.1) is 0 Å². The minimum absolute atomic E-state index is 0.113. The summed E-state index contributed by atoms with van der Waals surface area (Å²) in [4.78, 5) is 15.3. The zero-order chi connectivity index (χ0) is 11.1. The van der Waals surface area contributed by atoms with Crippen molar-refractivity contribution in [3.8, 4) is 0 Å². The topological polar surface area (TPSA) is 54.0 Å². The minimum atomic E-state index is -0.113. The van der Waals surface area contributed by atoms with Gasteiger partial charge in [0.1, 0.15) is 5.82 Å². The van der Waals surface area contributed by atoms with E-state index < -0.39 is 0 Å². The molecule has 2 N–H and O–H groups in total. The number of aromatic nitrogens is 1. The van der Waals surface area contributed by atoms with Crippen molar-refractivity contribution >= 4 is 23.3 Å². The first-order valence-corrected chi connectivity index (χ1v) is 5.22. The molecule has 1 rings (SSSR count). The van der Waals surface area contributed by atoms with E-state index in [9.17, 15) is 4.79 Å². The van der Waals surface area contributed by atoms with Gasteiger partial charge in [0.15, 0.2) is 0 Å². The fourth-order valence-corrected chi connectivity index (χ4v) is 1.20. The Kier molecular flexibility index (Phi) is 5.07. The lowest BCUT2D eigenvalue weighted by atomic mass is 10.4. The summed E-state index contributed by atoms with van der Waals surface area (Å²) in [5.74, 6) is 0.365. The quantitative estimate of drug-likeness (QED) is 0.753. The van der Waals surface area contributed by atoms with Crippen molar-refractivity contribution in [1.29, 1.82) is 0 Å². The molecule has 5 heteroatoms. The maximum absolute atomic E-state index is 11.3. The SMILES string of the molecule is CCCNCC(=O)Nc1cc(Cl)ccn1. The molecule has 0 aliphatic carbocycles. The Labute approximate surface area is 94.0 Å². The molecule has 0 unspecified atom stereocenters. The number of rotatable bonds is 5. The summed E-state index contributed by atoms with van der Waals surface area (Å²) < 4.78 is 0. The molecule has 0 aliphatic rings. The number of nitrogens with one attached hydrogen (secondary N) is 2. The molecule has 1 aromatic rings. The van der Waals surface area contributed by atoms with E-state index in [1.54, 1.807) is 18.3 Å². The molecule has 1 heterocycles. The highest BCUT2D eigenvalue weighted by Crippen LogP contribution is 2.11. The second-order valence-electron chi connectivity index (χ2n) is 3.08. The highest BCUT2D eigenvalue weighted by Gasteiger charge is 2.02. The Hall–Kier alpha value is -1.13. The van der Waals surface area contributed by atoms with Crippen molar-refractivity contribution in [3.63, 3.8) is 0 Å². The fraction of sp³-hybridized carbons (Fsp3) is 0.400. The van der Waals surface area contributed by atoms with Crippen molar-refractivity contribution in [2.45, 2.75) is 13.3 Å². The fourth-order valence-electron chi connectivity index (χ4n) is 1.04. The second-order valence-corrected chi connectivity index (χ2v) is 3.52. The van der Waals surface area contributed by atoms with Gasteiger partial charge in [0.2, 0.25) is 5.91 Å². The summed E-state index contributed by atoms with van der Waals surface area (Å²) >= 11 is 5.75. The van der Waals surface area contributed by atoms with Gasteiger partial charge in [-0.15, -0.1) is 0 Å². The van der Waals surface area contributed by atoms with Crippen molar-refractivity contribution in [2.75, 3.05) is 18.4 Å². The first-order chi connectivity index (χ1) is 7.22. The molecule has 0 aliphatic heterocycles. The minimum Gasteiger partial charge on any atom is -0.310 e. The van der Waals surface area contributed by atoms with Gasteiger partial charge >= 0.3 is 0 Å². The maximum atomic E-state index is 11.3. The second kappa shape index (κ2) is 6.37. The van der Waals surface area contributed by atoms with Gasteiger partial charge in [-0.3, -0.25) is 4.79 Å². The highest BCUT2D eigenvalue weighted by atomic mass is 35.5. The van der Waals surface area contributed by atoms with E-state index in [4.69, 9.17) is 11.6 Å². The normalized spacial score (nSPS) is 10.0. The van der Waals surface area contributed by atoms with Crippen LogP contribution < -0.4 is 10.6 Å². The molecule has 15 heavy (non-hydrogen) atoms. The molecule has 1 aromatic heterocycles. The van der Waals surface area contributed by atoms with Gasteiger partial charge in [-0.05, 0) is 25.1 Å². The summed E-state index contributed by atoms with van der Waals surface area (Å²) in [5.41, 5.74) is 0. The molecule has 0 aromatic carbocycles. The van der Waals surface area contributed by atoms with Crippen molar-refractivity contribution in [2.24, 2.45) is 0 Å². The van der Waals surface area contributed by atoms with Crippen LogP contribution >= 0.6 is 11.6 Å². The van der Waals surface area contributed by atoms with Gasteiger partial charge < -0.3 is 10.6 Å². The van der Waals surface area contributed by atoms with Crippen LogP contribution in [-0.2, 0) is 4.79 Å².